The summed E-state index contributed by atoms with van der Waals surface area (Å²) in [7, 11) is 0. The molecule has 2 saturated heterocycles. The van der Waals surface area contributed by atoms with Crippen molar-refractivity contribution in [2.75, 3.05) is 13.1 Å². The SMILES string of the molecule is CCC1CN1C(=O)CCCCCCCCC(=O)N1CC1CC. The molecule has 0 N–H and O–H groups in total. The molecule has 126 valence electrons. The van der Waals surface area contributed by atoms with Gasteiger partial charge in [0.1, 0.15) is 0 Å². The van der Waals surface area contributed by atoms with Gasteiger partial charge in [-0.25, -0.2) is 0 Å². The molecule has 2 atom stereocenters. The lowest BCUT2D eigenvalue weighted by Crippen LogP contribution is -2.12. The lowest BCUT2D eigenvalue weighted by atomic mass is 10.1. The summed E-state index contributed by atoms with van der Waals surface area (Å²) < 4.78 is 0. The number of carbonyl (C=O) groups excluding carboxylic acids is 2. The molecular formula is C18H32N2O2. The Bertz CT molecular complexity index is 347. The van der Waals surface area contributed by atoms with Crippen LogP contribution >= 0.6 is 0 Å². The number of carbonyl (C=O) groups is 2. The first kappa shape index (κ1) is 17.3. The maximum absolute atomic E-state index is 11.8. The van der Waals surface area contributed by atoms with Crippen LogP contribution in [0.5, 0.6) is 0 Å². The lowest BCUT2D eigenvalue weighted by Gasteiger charge is -2.05. The normalized spacial score (nSPS) is 22.8. The van der Waals surface area contributed by atoms with E-state index in [2.05, 4.69) is 13.8 Å². The van der Waals surface area contributed by atoms with Gasteiger partial charge in [-0.3, -0.25) is 9.59 Å². The second-order valence-electron chi connectivity index (χ2n) is 6.84. The van der Waals surface area contributed by atoms with Crippen LogP contribution < -0.4 is 0 Å². The fraction of sp³-hybridized carbons (Fsp3) is 0.889. The average molecular weight is 308 g/mol. The topological polar surface area (TPSA) is 40.2 Å². The molecule has 22 heavy (non-hydrogen) atoms. The fourth-order valence-corrected chi connectivity index (χ4v) is 3.22. The molecule has 4 nitrogen and oxygen atoms in total. The minimum absolute atomic E-state index is 0.349. The van der Waals surface area contributed by atoms with E-state index in [1.54, 1.807) is 0 Å². The van der Waals surface area contributed by atoms with E-state index in [0.717, 1.165) is 64.5 Å². The molecule has 0 aromatic rings. The summed E-state index contributed by atoms with van der Waals surface area (Å²) in [5.74, 6) is 0.697. The Morgan fingerprint density at radius 1 is 0.727 bits per heavy atom. The van der Waals surface area contributed by atoms with Crippen LogP contribution in [0.1, 0.15) is 78.1 Å². The Kier molecular flexibility index (Phi) is 6.71. The van der Waals surface area contributed by atoms with Crippen LogP contribution in [-0.2, 0) is 9.59 Å². The summed E-state index contributed by atoms with van der Waals surface area (Å²) in [4.78, 5) is 27.6. The average Bonchev–Trinajstić information content (AvgIpc) is 3.41. The smallest absolute Gasteiger partial charge is 0.222 e. The van der Waals surface area contributed by atoms with E-state index in [1.165, 1.54) is 12.8 Å². The molecule has 2 unspecified atom stereocenters. The first-order valence-corrected chi connectivity index (χ1v) is 9.26. The summed E-state index contributed by atoms with van der Waals surface area (Å²) >= 11 is 0. The standard InChI is InChI=1S/C18H32N2O2/c1-3-15-13-19(15)17(21)11-9-7-5-6-8-10-12-18(22)20-14-16(20)4-2/h15-16H,3-14H2,1-2H3. The molecule has 0 saturated carbocycles. The summed E-state index contributed by atoms with van der Waals surface area (Å²) in [6, 6.07) is 1.08. The van der Waals surface area contributed by atoms with Crippen molar-refractivity contribution < 1.29 is 9.59 Å². The van der Waals surface area contributed by atoms with E-state index in [9.17, 15) is 9.59 Å². The molecule has 2 heterocycles. The lowest BCUT2D eigenvalue weighted by molar-refractivity contribution is -0.127. The highest BCUT2D eigenvalue weighted by atomic mass is 16.2. The molecule has 2 fully saturated rings. The van der Waals surface area contributed by atoms with E-state index >= 15 is 0 Å². The number of rotatable bonds is 11. The van der Waals surface area contributed by atoms with Gasteiger partial charge in [-0.1, -0.05) is 39.5 Å². The monoisotopic (exact) mass is 308 g/mol. The van der Waals surface area contributed by atoms with Crippen molar-refractivity contribution in [3.8, 4) is 0 Å². The maximum Gasteiger partial charge on any atom is 0.222 e. The van der Waals surface area contributed by atoms with Crippen molar-refractivity contribution in [3.63, 3.8) is 0 Å². The zero-order valence-corrected chi connectivity index (χ0v) is 14.4. The van der Waals surface area contributed by atoms with Gasteiger partial charge in [-0.05, 0) is 25.7 Å². The molecule has 2 amide bonds. The van der Waals surface area contributed by atoms with Gasteiger partial charge in [0, 0.05) is 38.0 Å². The van der Waals surface area contributed by atoms with E-state index in [0.29, 0.717) is 23.9 Å². The molecule has 0 bridgehead atoms. The maximum atomic E-state index is 11.8. The van der Waals surface area contributed by atoms with Crippen LogP contribution in [-0.4, -0.2) is 46.8 Å². The van der Waals surface area contributed by atoms with Crippen molar-refractivity contribution >= 4 is 11.8 Å². The number of nitrogens with zero attached hydrogens (tertiary/aromatic N) is 2. The van der Waals surface area contributed by atoms with Crippen molar-refractivity contribution in [2.45, 2.75) is 90.1 Å². The Hall–Kier alpha value is -1.06. The van der Waals surface area contributed by atoms with Gasteiger partial charge in [-0.15, -0.1) is 0 Å². The minimum atomic E-state index is 0.349. The van der Waals surface area contributed by atoms with E-state index in [1.807, 2.05) is 9.80 Å². The van der Waals surface area contributed by atoms with Gasteiger partial charge in [0.15, 0.2) is 0 Å². The van der Waals surface area contributed by atoms with Gasteiger partial charge in [-0.2, -0.15) is 0 Å². The molecule has 0 aromatic carbocycles. The summed E-state index contributed by atoms with van der Waals surface area (Å²) in [5.41, 5.74) is 0. The van der Waals surface area contributed by atoms with Gasteiger partial charge < -0.3 is 9.80 Å². The van der Waals surface area contributed by atoms with Crippen LogP contribution in [0.3, 0.4) is 0 Å². The molecule has 0 aromatic heterocycles. The minimum Gasteiger partial charge on any atom is -0.336 e. The Morgan fingerprint density at radius 3 is 1.41 bits per heavy atom. The van der Waals surface area contributed by atoms with Crippen LogP contribution in [0, 0.1) is 0 Å². The molecule has 2 aliphatic rings. The Morgan fingerprint density at radius 2 is 1.09 bits per heavy atom. The molecule has 0 spiro atoms. The molecular weight excluding hydrogens is 276 g/mol. The van der Waals surface area contributed by atoms with Gasteiger partial charge in [0.05, 0.1) is 0 Å². The zero-order valence-electron chi connectivity index (χ0n) is 14.4. The van der Waals surface area contributed by atoms with Crippen LogP contribution in [0.2, 0.25) is 0 Å². The van der Waals surface area contributed by atoms with Crippen molar-refractivity contribution in [1.82, 2.24) is 9.80 Å². The summed E-state index contributed by atoms with van der Waals surface area (Å²) in [6.07, 6.45) is 10.4. The second kappa shape index (κ2) is 8.54. The van der Waals surface area contributed by atoms with Crippen molar-refractivity contribution in [2.24, 2.45) is 0 Å². The third kappa shape index (κ3) is 5.29. The molecule has 2 aliphatic heterocycles. The fourth-order valence-electron chi connectivity index (χ4n) is 3.22. The first-order chi connectivity index (χ1) is 10.7. The largest absolute Gasteiger partial charge is 0.336 e. The van der Waals surface area contributed by atoms with E-state index in [4.69, 9.17) is 0 Å². The third-order valence-electron chi connectivity index (χ3n) is 5.04. The van der Waals surface area contributed by atoms with Crippen LogP contribution in [0.15, 0.2) is 0 Å². The first-order valence-electron chi connectivity index (χ1n) is 9.26. The number of hydrogen-bond donors (Lipinski definition) is 0. The number of amides is 2. The Labute approximate surface area is 135 Å². The predicted molar refractivity (Wildman–Crippen MR) is 88.5 cm³/mol. The highest BCUT2D eigenvalue weighted by Crippen LogP contribution is 2.23. The van der Waals surface area contributed by atoms with E-state index in [-0.39, 0.29) is 0 Å². The van der Waals surface area contributed by atoms with Crippen LogP contribution in [0.4, 0.5) is 0 Å². The van der Waals surface area contributed by atoms with Crippen molar-refractivity contribution in [3.05, 3.63) is 0 Å². The third-order valence-corrected chi connectivity index (χ3v) is 5.04. The molecule has 4 heteroatoms. The predicted octanol–water partition coefficient (Wildman–Crippen LogP) is 3.35. The van der Waals surface area contributed by atoms with E-state index < -0.39 is 0 Å². The summed E-state index contributed by atoms with van der Waals surface area (Å²) in [6.45, 7) is 6.26. The number of unbranched alkanes of at least 4 members (excludes halogenated alkanes) is 5. The molecule has 0 aliphatic carbocycles. The highest BCUT2D eigenvalue weighted by Gasteiger charge is 2.36. The zero-order chi connectivity index (χ0) is 15.9. The second-order valence-corrected chi connectivity index (χ2v) is 6.84. The highest BCUT2D eigenvalue weighted by molar-refractivity contribution is 5.79. The van der Waals surface area contributed by atoms with Gasteiger partial charge in [0.2, 0.25) is 11.8 Å². The van der Waals surface area contributed by atoms with Gasteiger partial charge >= 0.3 is 0 Å². The molecule has 2 rings (SSSR count). The van der Waals surface area contributed by atoms with Crippen molar-refractivity contribution in [1.29, 1.82) is 0 Å². The molecule has 0 radical (unpaired) electrons. The number of hydrogen-bond acceptors (Lipinski definition) is 2. The Balaban J connectivity index is 1.36. The summed E-state index contributed by atoms with van der Waals surface area (Å²) in [5, 5.41) is 0. The van der Waals surface area contributed by atoms with Gasteiger partial charge in [0.25, 0.3) is 0 Å². The quantitative estimate of drug-likeness (QED) is 0.434. The van der Waals surface area contributed by atoms with Crippen LogP contribution in [0.25, 0.3) is 0 Å².